The molecule has 8 heavy (non-hydrogen) atoms. The summed E-state index contributed by atoms with van der Waals surface area (Å²) in [5.41, 5.74) is 0. The fourth-order valence-electron chi connectivity index (χ4n) is 0.751. The van der Waals surface area contributed by atoms with Gasteiger partial charge in [0, 0.05) is 12.5 Å². The van der Waals surface area contributed by atoms with Crippen molar-refractivity contribution in [2.75, 3.05) is 26.3 Å². The number of nitrogens with one attached hydrogen (secondary N) is 1. The molecule has 1 aliphatic rings. The Morgan fingerprint density at radius 2 is 2.38 bits per heavy atom. The van der Waals surface area contributed by atoms with Crippen molar-refractivity contribution in [2.45, 2.75) is 6.92 Å². The Labute approximate surface area is 50.2 Å². The zero-order valence-electron chi connectivity index (χ0n) is 5.31. The Balaban J connectivity index is 1.86. The molecule has 0 bridgehead atoms. The minimum absolute atomic E-state index is 0.801. The highest BCUT2D eigenvalue weighted by Crippen LogP contribution is 2.06. The molecule has 2 heteroatoms. The minimum atomic E-state index is 0.801. The van der Waals surface area contributed by atoms with Gasteiger partial charge in [-0.15, -0.1) is 0 Å². The molecule has 1 heterocycles. The van der Waals surface area contributed by atoms with E-state index in [1.54, 1.807) is 0 Å². The Kier molecular flexibility index (Phi) is 2.30. The van der Waals surface area contributed by atoms with Crippen LogP contribution in [0.25, 0.3) is 0 Å². The largest absolute Gasteiger partial charge is 0.381 e. The fourth-order valence-corrected chi connectivity index (χ4v) is 0.751. The van der Waals surface area contributed by atoms with Gasteiger partial charge in [0.2, 0.25) is 0 Å². The minimum Gasteiger partial charge on any atom is -0.381 e. The van der Waals surface area contributed by atoms with E-state index < -0.39 is 0 Å². The van der Waals surface area contributed by atoms with Gasteiger partial charge in [-0.05, 0) is 6.54 Å². The Hall–Kier alpha value is -0.0800. The van der Waals surface area contributed by atoms with Crippen molar-refractivity contribution in [3.63, 3.8) is 0 Å². The number of hydrogen-bond acceptors (Lipinski definition) is 2. The Bertz CT molecular complexity index is 61.5. The maximum Gasteiger partial charge on any atom is 0.0528 e. The smallest absolute Gasteiger partial charge is 0.0528 e. The van der Waals surface area contributed by atoms with Gasteiger partial charge in [-0.3, -0.25) is 0 Å². The molecule has 1 fully saturated rings. The van der Waals surface area contributed by atoms with Crippen molar-refractivity contribution in [1.82, 2.24) is 5.32 Å². The summed E-state index contributed by atoms with van der Waals surface area (Å²) in [5, 5.41) is 3.27. The van der Waals surface area contributed by atoms with E-state index in [9.17, 15) is 0 Å². The summed E-state index contributed by atoms with van der Waals surface area (Å²) >= 11 is 0. The average molecular weight is 115 g/mol. The molecule has 0 aliphatic carbocycles. The number of rotatable bonds is 3. The predicted octanol–water partition coefficient (Wildman–Crippen LogP) is 0.242. The standard InChI is InChI=1S/C6H13NO/c1-2-7-3-6-4-8-5-6/h6-7H,2-5H2,1H3. The molecule has 48 valence electrons. The molecule has 0 aromatic rings. The van der Waals surface area contributed by atoms with Crippen LogP contribution in [0.5, 0.6) is 0 Å². The molecule has 0 saturated carbocycles. The van der Waals surface area contributed by atoms with Gasteiger partial charge in [0.1, 0.15) is 0 Å². The van der Waals surface area contributed by atoms with E-state index in [4.69, 9.17) is 4.74 Å². The summed E-state index contributed by atoms with van der Waals surface area (Å²) in [5.74, 6) is 0.801. The molecule has 1 saturated heterocycles. The third-order valence-electron chi connectivity index (χ3n) is 1.39. The first-order valence-electron chi connectivity index (χ1n) is 3.22. The van der Waals surface area contributed by atoms with Crippen LogP contribution < -0.4 is 5.32 Å². The van der Waals surface area contributed by atoms with Crippen molar-refractivity contribution >= 4 is 0 Å². The highest BCUT2D eigenvalue weighted by molar-refractivity contribution is 4.66. The summed E-state index contributed by atoms with van der Waals surface area (Å²) in [7, 11) is 0. The maximum absolute atomic E-state index is 4.99. The SMILES string of the molecule is CCNCC1COC1. The lowest BCUT2D eigenvalue weighted by Gasteiger charge is -2.25. The molecule has 0 aromatic heterocycles. The summed E-state index contributed by atoms with van der Waals surface area (Å²) in [6.45, 7) is 6.27. The molecule has 1 aliphatic heterocycles. The van der Waals surface area contributed by atoms with Crippen LogP contribution in [0.2, 0.25) is 0 Å². The van der Waals surface area contributed by atoms with E-state index in [2.05, 4.69) is 12.2 Å². The second-order valence-electron chi connectivity index (χ2n) is 2.21. The first kappa shape index (κ1) is 6.05. The van der Waals surface area contributed by atoms with Gasteiger partial charge >= 0.3 is 0 Å². The summed E-state index contributed by atoms with van der Waals surface area (Å²) in [4.78, 5) is 0. The van der Waals surface area contributed by atoms with Gasteiger partial charge in [-0.1, -0.05) is 6.92 Å². The second kappa shape index (κ2) is 3.05. The summed E-state index contributed by atoms with van der Waals surface area (Å²) in [6, 6.07) is 0. The third kappa shape index (κ3) is 1.46. The number of hydrogen-bond donors (Lipinski definition) is 1. The normalized spacial score (nSPS) is 20.6. The first-order chi connectivity index (χ1) is 3.93. The van der Waals surface area contributed by atoms with Crippen LogP contribution in [0.3, 0.4) is 0 Å². The van der Waals surface area contributed by atoms with Gasteiger partial charge in [0.15, 0.2) is 0 Å². The molecule has 0 atom stereocenters. The molecule has 0 radical (unpaired) electrons. The van der Waals surface area contributed by atoms with Crippen LogP contribution in [0.4, 0.5) is 0 Å². The van der Waals surface area contributed by atoms with Gasteiger partial charge < -0.3 is 10.1 Å². The van der Waals surface area contributed by atoms with E-state index >= 15 is 0 Å². The highest BCUT2D eigenvalue weighted by atomic mass is 16.5. The van der Waals surface area contributed by atoms with Crippen molar-refractivity contribution in [1.29, 1.82) is 0 Å². The van der Waals surface area contributed by atoms with Gasteiger partial charge in [-0.25, -0.2) is 0 Å². The molecular weight excluding hydrogens is 102 g/mol. The molecule has 0 aromatic carbocycles. The summed E-state index contributed by atoms with van der Waals surface area (Å²) < 4.78 is 4.99. The van der Waals surface area contributed by atoms with Crippen LogP contribution >= 0.6 is 0 Å². The fraction of sp³-hybridized carbons (Fsp3) is 1.00. The Morgan fingerprint density at radius 3 is 2.75 bits per heavy atom. The molecular formula is C6H13NO. The zero-order valence-corrected chi connectivity index (χ0v) is 5.31. The van der Waals surface area contributed by atoms with Crippen LogP contribution in [-0.2, 0) is 4.74 Å². The highest BCUT2D eigenvalue weighted by Gasteiger charge is 2.16. The zero-order chi connectivity index (χ0) is 5.82. The van der Waals surface area contributed by atoms with Crippen LogP contribution in [-0.4, -0.2) is 26.3 Å². The van der Waals surface area contributed by atoms with E-state index in [1.807, 2.05) is 0 Å². The van der Waals surface area contributed by atoms with E-state index in [-0.39, 0.29) is 0 Å². The lowest BCUT2D eigenvalue weighted by molar-refractivity contribution is -0.0304. The van der Waals surface area contributed by atoms with Crippen molar-refractivity contribution in [3.05, 3.63) is 0 Å². The molecule has 0 amide bonds. The third-order valence-corrected chi connectivity index (χ3v) is 1.39. The average Bonchev–Trinajstić information content (AvgIpc) is 1.63. The van der Waals surface area contributed by atoms with Crippen LogP contribution in [0.15, 0.2) is 0 Å². The lowest BCUT2D eigenvalue weighted by atomic mass is 10.1. The maximum atomic E-state index is 4.99. The number of ether oxygens (including phenoxy) is 1. The van der Waals surface area contributed by atoms with Gasteiger partial charge in [0.25, 0.3) is 0 Å². The molecule has 0 spiro atoms. The molecule has 2 nitrogen and oxygen atoms in total. The van der Waals surface area contributed by atoms with Crippen molar-refractivity contribution in [3.8, 4) is 0 Å². The molecule has 1 rings (SSSR count). The van der Waals surface area contributed by atoms with Crippen LogP contribution in [0.1, 0.15) is 6.92 Å². The van der Waals surface area contributed by atoms with Crippen molar-refractivity contribution < 1.29 is 4.74 Å². The second-order valence-corrected chi connectivity index (χ2v) is 2.21. The quantitative estimate of drug-likeness (QED) is 0.569. The lowest BCUT2D eigenvalue weighted by Crippen LogP contribution is -2.36. The predicted molar refractivity (Wildman–Crippen MR) is 32.9 cm³/mol. The van der Waals surface area contributed by atoms with E-state index in [0.29, 0.717) is 0 Å². The van der Waals surface area contributed by atoms with Crippen molar-refractivity contribution in [2.24, 2.45) is 5.92 Å². The molecule has 0 unspecified atom stereocenters. The molecule has 1 N–H and O–H groups in total. The topological polar surface area (TPSA) is 21.3 Å². The monoisotopic (exact) mass is 115 g/mol. The first-order valence-corrected chi connectivity index (χ1v) is 3.22. The van der Waals surface area contributed by atoms with Gasteiger partial charge in [0.05, 0.1) is 13.2 Å². The Morgan fingerprint density at radius 1 is 1.62 bits per heavy atom. The van der Waals surface area contributed by atoms with E-state index in [1.165, 1.54) is 0 Å². The van der Waals surface area contributed by atoms with Crippen LogP contribution in [0, 0.1) is 5.92 Å². The van der Waals surface area contributed by atoms with Gasteiger partial charge in [-0.2, -0.15) is 0 Å². The summed E-state index contributed by atoms with van der Waals surface area (Å²) in [6.07, 6.45) is 0. The van der Waals surface area contributed by atoms with E-state index in [0.717, 1.165) is 32.2 Å².